The van der Waals surface area contributed by atoms with Gasteiger partial charge in [0.15, 0.2) is 0 Å². The molecule has 2 N–H and O–H groups in total. The summed E-state index contributed by atoms with van der Waals surface area (Å²) in [6.07, 6.45) is 4.62. The van der Waals surface area contributed by atoms with E-state index in [2.05, 4.69) is 20.5 Å². The molecule has 1 fully saturated rings. The van der Waals surface area contributed by atoms with Gasteiger partial charge in [0.25, 0.3) is 5.56 Å². The number of piperidine rings is 1. The number of hydrogen-bond acceptors (Lipinski definition) is 7. The lowest BCUT2D eigenvalue weighted by Crippen LogP contribution is -2.44. The minimum atomic E-state index is 0.0134. The Kier molecular flexibility index (Phi) is 8.97. The zero-order valence-electron chi connectivity index (χ0n) is 19.6. The van der Waals surface area contributed by atoms with E-state index in [-0.39, 0.29) is 5.56 Å². The number of pyridine rings is 2. The fourth-order valence-electron chi connectivity index (χ4n) is 4.00. The number of aryl methyl sites for hydroxylation is 1. The number of rotatable bonds is 7. The SMILES string of the molecule is CNc1ccccn1.COc1ccc2c(C)cc(=O)n(CN3CCC(NCC=O)CC3)c2c1. The first kappa shape index (κ1) is 24.4. The van der Waals surface area contributed by atoms with Crippen LogP contribution in [-0.2, 0) is 11.5 Å². The highest BCUT2D eigenvalue weighted by molar-refractivity contribution is 5.83. The minimum absolute atomic E-state index is 0.0134. The summed E-state index contributed by atoms with van der Waals surface area (Å²) in [5.74, 6) is 1.66. The van der Waals surface area contributed by atoms with Crippen molar-refractivity contribution in [1.29, 1.82) is 0 Å². The molecule has 0 spiro atoms. The number of aldehydes is 1. The maximum atomic E-state index is 12.6. The number of nitrogens with one attached hydrogen (secondary N) is 2. The van der Waals surface area contributed by atoms with Gasteiger partial charge in [-0.25, -0.2) is 4.98 Å². The Morgan fingerprint density at radius 3 is 2.58 bits per heavy atom. The highest BCUT2D eigenvalue weighted by atomic mass is 16.5. The Morgan fingerprint density at radius 2 is 1.97 bits per heavy atom. The minimum Gasteiger partial charge on any atom is -0.497 e. The number of nitrogens with zero attached hydrogens (tertiary/aromatic N) is 3. The lowest BCUT2D eigenvalue weighted by Gasteiger charge is -2.32. The molecule has 8 heteroatoms. The van der Waals surface area contributed by atoms with Crippen molar-refractivity contribution in [3.63, 3.8) is 0 Å². The van der Waals surface area contributed by atoms with Gasteiger partial charge in [-0.2, -0.15) is 0 Å². The van der Waals surface area contributed by atoms with E-state index in [1.54, 1.807) is 19.4 Å². The molecule has 1 saturated heterocycles. The van der Waals surface area contributed by atoms with E-state index in [1.165, 1.54) is 0 Å². The van der Waals surface area contributed by atoms with Gasteiger partial charge in [0, 0.05) is 49.9 Å². The summed E-state index contributed by atoms with van der Waals surface area (Å²) in [6.45, 7) is 4.76. The van der Waals surface area contributed by atoms with Crippen molar-refractivity contribution in [2.45, 2.75) is 32.5 Å². The molecule has 0 aliphatic carbocycles. The number of fused-ring (bicyclic) bond motifs is 1. The van der Waals surface area contributed by atoms with Crippen molar-refractivity contribution < 1.29 is 9.53 Å². The first-order valence-corrected chi connectivity index (χ1v) is 11.2. The molecule has 0 radical (unpaired) electrons. The van der Waals surface area contributed by atoms with E-state index >= 15 is 0 Å². The summed E-state index contributed by atoms with van der Waals surface area (Å²) < 4.78 is 7.16. The zero-order valence-corrected chi connectivity index (χ0v) is 19.6. The Bertz CT molecular complexity index is 1090. The molecule has 3 aromatic rings. The number of anilines is 1. The van der Waals surface area contributed by atoms with Gasteiger partial charge in [0.05, 0.1) is 25.8 Å². The number of methoxy groups -OCH3 is 1. The molecule has 33 heavy (non-hydrogen) atoms. The number of ether oxygens (including phenoxy) is 1. The first-order valence-electron chi connectivity index (χ1n) is 11.2. The van der Waals surface area contributed by atoms with E-state index in [1.807, 2.05) is 54.9 Å². The number of carbonyl (C=O) groups is 1. The van der Waals surface area contributed by atoms with E-state index in [4.69, 9.17) is 4.74 Å². The molecular weight excluding hydrogens is 418 g/mol. The van der Waals surface area contributed by atoms with Crippen molar-refractivity contribution in [1.82, 2.24) is 19.8 Å². The number of likely N-dealkylation sites (tertiary alicyclic amines) is 1. The molecule has 8 nitrogen and oxygen atoms in total. The third-order valence-electron chi connectivity index (χ3n) is 5.87. The van der Waals surface area contributed by atoms with Crippen molar-refractivity contribution >= 4 is 23.0 Å². The number of carbonyl (C=O) groups excluding carboxylic acids is 1. The normalized spacial score (nSPS) is 14.4. The number of aromatic nitrogens is 2. The average molecular weight is 452 g/mol. The van der Waals surface area contributed by atoms with Gasteiger partial charge >= 0.3 is 0 Å². The summed E-state index contributed by atoms with van der Waals surface area (Å²) in [6, 6.07) is 13.7. The molecule has 0 unspecified atom stereocenters. The monoisotopic (exact) mass is 451 g/mol. The lowest BCUT2D eigenvalue weighted by atomic mass is 10.1. The second-order valence-corrected chi connectivity index (χ2v) is 8.05. The molecule has 3 heterocycles. The topological polar surface area (TPSA) is 88.5 Å². The van der Waals surface area contributed by atoms with Gasteiger partial charge in [-0.1, -0.05) is 6.07 Å². The summed E-state index contributed by atoms with van der Waals surface area (Å²) in [5.41, 5.74) is 1.90. The Labute approximate surface area is 194 Å². The predicted molar refractivity (Wildman–Crippen MR) is 132 cm³/mol. The molecule has 0 saturated carbocycles. The average Bonchev–Trinajstić information content (AvgIpc) is 2.86. The third kappa shape index (κ3) is 6.63. The molecule has 0 amide bonds. The summed E-state index contributed by atoms with van der Waals surface area (Å²) in [4.78, 5) is 29.3. The second kappa shape index (κ2) is 12.1. The molecule has 176 valence electrons. The van der Waals surface area contributed by atoms with Crippen LogP contribution < -0.4 is 20.9 Å². The molecule has 2 aromatic heterocycles. The lowest BCUT2D eigenvalue weighted by molar-refractivity contribution is -0.107. The number of hydrogen-bond donors (Lipinski definition) is 2. The molecule has 1 aliphatic rings. The molecule has 1 aromatic carbocycles. The standard InChI is InChI=1S/C19H25N3O3.C6H8N2/c1-14-11-19(24)22(18-12-16(25-2)3-4-17(14)18)13-21-8-5-15(6-9-21)20-7-10-23;1-7-6-4-2-3-5-8-6/h3-4,10-12,15,20H,5-9,13H2,1-2H3;2-5H,1H3,(H,7,8). The van der Waals surface area contributed by atoms with Crippen molar-refractivity contribution in [3.05, 3.63) is 64.6 Å². The van der Waals surface area contributed by atoms with Crippen molar-refractivity contribution in [2.24, 2.45) is 0 Å². The molecule has 0 bridgehead atoms. The van der Waals surface area contributed by atoms with Crippen LogP contribution in [0.3, 0.4) is 0 Å². The van der Waals surface area contributed by atoms with Gasteiger partial charge in [0.1, 0.15) is 17.9 Å². The molecule has 1 aliphatic heterocycles. The fraction of sp³-hybridized carbons (Fsp3) is 0.400. The van der Waals surface area contributed by atoms with Crippen LogP contribution in [0.5, 0.6) is 5.75 Å². The summed E-state index contributed by atoms with van der Waals surface area (Å²) in [7, 11) is 3.48. The van der Waals surface area contributed by atoms with Gasteiger partial charge in [-0.05, 0) is 49.6 Å². The van der Waals surface area contributed by atoms with Crippen LogP contribution in [0, 0.1) is 6.92 Å². The van der Waals surface area contributed by atoms with Crippen LogP contribution >= 0.6 is 0 Å². The van der Waals surface area contributed by atoms with Gasteiger partial charge in [-0.3, -0.25) is 14.3 Å². The van der Waals surface area contributed by atoms with E-state index in [0.717, 1.165) is 60.3 Å². The third-order valence-corrected chi connectivity index (χ3v) is 5.87. The Morgan fingerprint density at radius 1 is 1.18 bits per heavy atom. The quantitative estimate of drug-likeness (QED) is 0.534. The Balaban J connectivity index is 0.000000323. The predicted octanol–water partition coefficient (Wildman–Crippen LogP) is 2.65. The van der Waals surface area contributed by atoms with Crippen LogP contribution in [0.25, 0.3) is 10.9 Å². The molecule has 4 rings (SSSR count). The van der Waals surface area contributed by atoms with Gasteiger partial charge < -0.3 is 20.2 Å². The Hall–Kier alpha value is -3.23. The highest BCUT2D eigenvalue weighted by Crippen LogP contribution is 2.23. The fourth-order valence-corrected chi connectivity index (χ4v) is 4.00. The summed E-state index contributed by atoms with van der Waals surface area (Å²) >= 11 is 0. The zero-order chi connectivity index (χ0) is 23.6. The highest BCUT2D eigenvalue weighted by Gasteiger charge is 2.19. The van der Waals surface area contributed by atoms with Crippen LogP contribution in [-0.4, -0.2) is 60.6 Å². The van der Waals surface area contributed by atoms with Crippen LogP contribution in [0.4, 0.5) is 5.82 Å². The maximum absolute atomic E-state index is 12.6. The van der Waals surface area contributed by atoms with Gasteiger partial charge in [-0.15, -0.1) is 0 Å². The smallest absolute Gasteiger partial charge is 0.252 e. The van der Waals surface area contributed by atoms with Crippen LogP contribution in [0.15, 0.2) is 53.5 Å². The molecular formula is C25H33N5O3. The van der Waals surface area contributed by atoms with Crippen LogP contribution in [0.2, 0.25) is 0 Å². The van der Waals surface area contributed by atoms with Crippen molar-refractivity contribution in [3.8, 4) is 5.75 Å². The number of benzene rings is 1. The molecule has 0 atom stereocenters. The van der Waals surface area contributed by atoms with E-state index in [9.17, 15) is 9.59 Å². The van der Waals surface area contributed by atoms with Crippen molar-refractivity contribution in [2.75, 3.05) is 39.1 Å². The van der Waals surface area contributed by atoms with E-state index < -0.39 is 0 Å². The first-order chi connectivity index (χ1) is 16.0. The second-order valence-electron chi connectivity index (χ2n) is 8.05. The largest absolute Gasteiger partial charge is 0.497 e. The van der Waals surface area contributed by atoms with E-state index in [0.29, 0.717) is 19.3 Å². The summed E-state index contributed by atoms with van der Waals surface area (Å²) in [5, 5.41) is 7.23. The van der Waals surface area contributed by atoms with Crippen LogP contribution in [0.1, 0.15) is 18.4 Å². The maximum Gasteiger partial charge on any atom is 0.252 e. The van der Waals surface area contributed by atoms with Gasteiger partial charge in [0.2, 0.25) is 0 Å².